The maximum atomic E-state index is 11.5. The third kappa shape index (κ3) is 2.70. The fourth-order valence-corrected chi connectivity index (χ4v) is 3.18. The van der Waals surface area contributed by atoms with Gasteiger partial charge >= 0.3 is 0 Å². The van der Waals surface area contributed by atoms with Crippen molar-refractivity contribution in [1.82, 2.24) is 10.4 Å². The molecule has 2 aromatic rings. The molecule has 1 amide bonds. The van der Waals surface area contributed by atoms with Crippen molar-refractivity contribution in [2.45, 2.75) is 6.54 Å². The Bertz CT molecular complexity index is 656. The second kappa shape index (κ2) is 5.71. The summed E-state index contributed by atoms with van der Waals surface area (Å²) in [6.07, 6.45) is 0. The topological polar surface area (TPSA) is 74.5 Å². The molecule has 0 aliphatic carbocycles. The van der Waals surface area contributed by atoms with Gasteiger partial charge in [0, 0.05) is 25.5 Å². The molecule has 0 saturated carbocycles. The lowest BCUT2D eigenvalue weighted by Gasteiger charge is -2.36. The van der Waals surface area contributed by atoms with Gasteiger partial charge in [0.1, 0.15) is 0 Å². The first-order valence-corrected chi connectivity index (χ1v) is 7.57. The highest BCUT2D eigenvalue weighted by atomic mass is 32.1. The van der Waals surface area contributed by atoms with Gasteiger partial charge in [-0.15, -0.1) is 11.3 Å². The molecule has 3 N–H and O–H groups in total. The van der Waals surface area contributed by atoms with E-state index < -0.39 is 0 Å². The molecule has 1 aromatic heterocycles. The van der Waals surface area contributed by atoms with Gasteiger partial charge in [0.15, 0.2) is 5.01 Å². The van der Waals surface area contributed by atoms with Gasteiger partial charge in [0.05, 0.1) is 23.6 Å². The summed E-state index contributed by atoms with van der Waals surface area (Å²) in [6.45, 7) is 2.60. The number of carbonyl (C=O) groups is 1. The normalized spacial score (nSPS) is 14.0. The van der Waals surface area contributed by atoms with E-state index in [2.05, 4.69) is 39.4 Å². The molecule has 6 nitrogen and oxygen atoms in total. The minimum Gasteiger partial charge on any atom is -0.371 e. The van der Waals surface area contributed by atoms with Gasteiger partial charge in [-0.3, -0.25) is 10.2 Å². The molecule has 2 heterocycles. The molecule has 1 aliphatic heterocycles. The lowest BCUT2D eigenvalue weighted by atomic mass is 10.1. The van der Waals surface area contributed by atoms with Crippen LogP contribution in [0.25, 0.3) is 0 Å². The number of benzene rings is 1. The van der Waals surface area contributed by atoms with Crippen molar-refractivity contribution in [3.8, 4) is 0 Å². The standard InChI is InChI=1S/C14H17N5OS/c1-18-6-7-19(12-5-3-2-4-11(12)18)8-10-9-21-14(16-10)13(20)17-15/h2-5,9H,6-8,15H2,1H3,(H,17,20). The van der Waals surface area contributed by atoms with Crippen LogP contribution in [0.2, 0.25) is 0 Å². The van der Waals surface area contributed by atoms with Crippen LogP contribution in [0.3, 0.4) is 0 Å². The second-order valence-electron chi connectivity index (χ2n) is 4.95. The lowest BCUT2D eigenvalue weighted by molar-refractivity contribution is 0.0953. The fraction of sp³-hybridized carbons (Fsp3) is 0.286. The zero-order chi connectivity index (χ0) is 14.8. The number of rotatable bonds is 3. The van der Waals surface area contributed by atoms with Crippen LogP contribution in [0.5, 0.6) is 0 Å². The molecule has 0 radical (unpaired) electrons. The number of nitrogens with zero attached hydrogens (tertiary/aromatic N) is 3. The van der Waals surface area contributed by atoms with Gasteiger partial charge in [0.25, 0.3) is 5.91 Å². The Labute approximate surface area is 127 Å². The van der Waals surface area contributed by atoms with E-state index in [0.29, 0.717) is 11.6 Å². The number of thiazole rings is 1. The van der Waals surface area contributed by atoms with E-state index in [9.17, 15) is 4.79 Å². The second-order valence-corrected chi connectivity index (χ2v) is 5.81. The molecule has 0 fully saturated rings. The Kier molecular flexibility index (Phi) is 3.76. The van der Waals surface area contributed by atoms with Crippen LogP contribution in [-0.4, -0.2) is 31.0 Å². The van der Waals surface area contributed by atoms with Crippen LogP contribution >= 0.6 is 11.3 Å². The van der Waals surface area contributed by atoms with Crippen LogP contribution in [0.15, 0.2) is 29.6 Å². The van der Waals surface area contributed by atoms with E-state index in [1.165, 1.54) is 22.7 Å². The summed E-state index contributed by atoms with van der Waals surface area (Å²) < 4.78 is 0. The van der Waals surface area contributed by atoms with Gasteiger partial charge < -0.3 is 9.80 Å². The van der Waals surface area contributed by atoms with Crippen LogP contribution in [0.4, 0.5) is 11.4 Å². The Hall–Kier alpha value is -2.12. The minimum absolute atomic E-state index is 0.343. The maximum Gasteiger partial charge on any atom is 0.294 e. The first-order valence-electron chi connectivity index (χ1n) is 6.69. The molecule has 0 spiro atoms. The smallest absolute Gasteiger partial charge is 0.294 e. The average Bonchev–Trinajstić information content (AvgIpc) is 2.98. The number of nitrogens with two attached hydrogens (primary N) is 1. The fourth-order valence-electron chi connectivity index (χ4n) is 2.47. The summed E-state index contributed by atoms with van der Waals surface area (Å²) in [7, 11) is 2.10. The van der Waals surface area contributed by atoms with Crippen molar-refractivity contribution in [1.29, 1.82) is 0 Å². The van der Waals surface area contributed by atoms with Crippen LogP contribution in [-0.2, 0) is 6.54 Å². The number of nitrogen functional groups attached to an aromatic ring is 1. The van der Waals surface area contributed by atoms with Crippen LogP contribution in [0, 0.1) is 0 Å². The average molecular weight is 303 g/mol. The molecule has 0 atom stereocenters. The highest BCUT2D eigenvalue weighted by molar-refractivity contribution is 7.11. The van der Waals surface area contributed by atoms with E-state index in [4.69, 9.17) is 5.84 Å². The summed E-state index contributed by atoms with van der Waals surface area (Å²) >= 11 is 1.31. The number of hydrogen-bond acceptors (Lipinski definition) is 6. The number of carbonyl (C=O) groups excluding carboxylic acids is 1. The van der Waals surface area contributed by atoms with Crippen molar-refractivity contribution < 1.29 is 4.79 Å². The van der Waals surface area contributed by atoms with Gasteiger partial charge in [-0.25, -0.2) is 10.8 Å². The minimum atomic E-state index is -0.343. The van der Waals surface area contributed by atoms with E-state index >= 15 is 0 Å². The zero-order valence-electron chi connectivity index (χ0n) is 11.7. The van der Waals surface area contributed by atoms with Crippen molar-refractivity contribution in [3.63, 3.8) is 0 Å². The van der Waals surface area contributed by atoms with Crippen LogP contribution < -0.4 is 21.1 Å². The van der Waals surface area contributed by atoms with E-state index in [-0.39, 0.29) is 5.91 Å². The molecular formula is C14H17N5OS. The summed E-state index contributed by atoms with van der Waals surface area (Å²) in [5.74, 6) is 4.78. The van der Waals surface area contributed by atoms with Crippen molar-refractivity contribution >= 4 is 28.6 Å². The van der Waals surface area contributed by atoms with Gasteiger partial charge in [-0.1, -0.05) is 12.1 Å². The Morgan fingerprint density at radius 3 is 2.90 bits per heavy atom. The van der Waals surface area contributed by atoms with Gasteiger partial charge in [-0.2, -0.15) is 0 Å². The molecule has 0 bridgehead atoms. The molecule has 0 unspecified atom stereocenters. The third-order valence-electron chi connectivity index (χ3n) is 3.57. The third-order valence-corrected chi connectivity index (χ3v) is 4.46. The molecule has 7 heteroatoms. The van der Waals surface area contributed by atoms with Crippen molar-refractivity contribution in [3.05, 3.63) is 40.3 Å². The molecule has 110 valence electrons. The largest absolute Gasteiger partial charge is 0.371 e. The SMILES string of the molecule is CN1CCN(Cc2csc(C(=O)NN)n2)c2ccccc21. The first-order chi connectivity index (χ1) is 10.2. The molecule has 0 saturated heterocycles. The first kappa shape index (κ1) is 13.8. The molecule has 1 aliphatic rings. The highest BCUT2D eigenvalue weighted by Gasteiger charge is 2.21. The lowest BCUT2D eigenvalue weighted by Crippen LogP contribution is -2.38. The molecule has 1 aromatic carbocycles. The maximum absolute atomic E-state index is 11.5. The Morgan fingerprint density at radius 1 is 1.38 bits per heavy atom. The highest BCUT2D eigenvalue weighted by Crippen LogP contribution is 2.32. The van der Waals surface area contributed by atoms with Gasteiger partial charge in [0.2, 0.25) is 0 Å². The summed E-state index contributed by atoms with van der Waals surface area (Å²) in [5.41, 5.74) is 5.41. The predicted molar refractivity (Wildman–Crippen MR) is 84.5 cm³/mol. The van der Waals surface area contributed by atoms with E-state index in [0.717, 1.165) is 18.8 Å². The number of fused-ring (bicyclic) bond motifs is 1. The Balaban J connectivity index is 1.81. The molecule has 3 rings (SSSR count). The molecule has 21 heavy (non-hydrogen) atoms. The zero-order valence-corrected chi connectivity index (χ0v) is 12.6. The predicted octanol–water partition coefficient (Wildman–Crippen LogP) is 1.20. The summed E-state index contributed by atoms with van der Waals surface area (Å²) in [4.78, 5) is 20.3. The number of likely N-dealkylation sites (N-methyl/N-ethyl adjacent to an activating group) is 1. The summed E-state index contributed by atoms with van der Waals surface area (Å²) in [6, 6.07) is 8.32. The number of aromatic nitrogens is 1. The Morgan fingerprint density at radius 2 is 2.14 bits per heavy atom. The van der Waals surface area contributed by atoms with E-state index in [1.807, 2.05) is 17.5 Å². The number of anilines is 2. The number of para-hydroxylation sites is 2. The van der Waals surface area contributed by atoms with Crippen LogP contribution in [0.1, 0.15) is 15.5 Å². The monoisotopic (exact) mass is 303 g/mol. The van der Waals surface area contributed by atoms with E-state index in [1.54, 1.807) is 0 Å². The number of amides is 1. The van der Waals surface area contributed by atoms with Gasteiger partial charge in [-0.05, 0) is 12.1 Å². The quantitative estimate of drug-likeness (QED) is 0.506. The number of nitrogens with one attached hydrogen (secondary N) is 1. The number of hydrogen-bond donors (Lipinski definition) is 2. The summed E-state index contributed by atoms with van der Waals surface area (Å²) in [5, 5.41) is 2.31. The van der Waals surface area contributed by atoms with Crippen molar-refractivity contribution in [2.75, 3.05) is 29.9 Å². The number of hydrazine groups is 1. The van der Waals surface area contributed by atoms with Crippen molar-refractivity contribution in [2.24, 2.45) is 5.84 Å². The molecular weight excluding hydrogens is 286 g/mol.